The zero-order valence-corrected chi connectivity index (χ0v) is 19.8. The van der Waals surface area contributed by atoms with Crippen molar-refractivity contribution in [2.24, 2.45) is 0 Å². The van der Waals surface area contributed by atoms with Crippen LogP contribution in [-0.2, 0) is 6.42 Å². The van der Waals surface area contributed by atoms with Crippen LogP contribution in [0.5, 0.6) is 11.5 Å². The topological polar surface area (TPSA) is 94.0 Å². The summed E-state index contributed by atoms with van der Waals surface area (Å²) >= 11 is 0. The number of β-amino-alcohol motifs (C(OH)–C–C–N with tert-alkyl or cyclic N) is 1. The number of aryl methyl sites for hydroxylation is 1. The molecule has 1 saturated heterocycles. The number of fused-ring (bicyclic) bond motifs is 2. The maximum Gasteiger partial charge on any atom is 0.283 e. The van der Waals surface area contributed by atoms with Gasteiger partial charge in [0.2, 0.25) is 5.89 Å². The van der Waals surface area contributed by atoms with Gasteiger partial charge >= 0.3 is 0 Å². The van der Waals surface area contributed by atoms with Crippen LogP contribution in [0.15, 0.2) is 51.3 Å². The number of aliphatic hydroxyl groups excluding tert-OH is 1. The minimum Gasteiger partial charge on any atom is -0.493 e. The summed E-state index contributed by atoms with van der Waals surface area (Å²) in [6.45, 7) is 5.27. The highest BCUT2D eigenvalue weighted by molar-refractivity contribution is 5.87. The molecule has 1 unspecified atom stereocenters. The van der Waals surface area contributed by atoms with E-state index in [0.717, 1.165) is 50.1 Å². The van der Waals surface area contributed by atoms with Crippen molar-refractivity contribution in [2.75, 3.05) is 32.8 Å². The average molecular weight is 476 g/mol. The lowest BCUT2D eigenvalue weighted by Crippen LogP contribution is -2.40. The van der Waals surface area contributed by atoms with Crippen molar-refractivity contribution in [1.29, 1.82) is 0 Å². The number of hydrogen-bond donors (Lipinski definition) is 1. The van der Waals surface area contributed by atoms with Gasteiger partial charge in [-0.05, 0) is 55.6 Å². The lowest BCUT2D eigenvalue weighted by atomic mass is 9.85. The highest BCUT2D eigenvalue weighted by atomic mass is 16.5. The first-order chi connectivity index (χ1) is 17.1. The monoisotopic (exact) mass is 475 g/mol. The molecule has 0 saturated carbocycles. The Kier molecular flexibility index (Phi) is 5.91. The second-order valence-corrected chi connectivity index (χ2v) is 9.37. The summed E-state index contributed by atoms with van der Waals surface area (Å²) < 4.78 is 23.1. The number of nitrogens with zero attached hydrogens (tertiary/aromatic N) is 3. The number of aliphatic hydroxyl groups is 1. The second kappa shape index (κ2) is 9.36. The fourth-order valence-corrected chi connectivity index (χ4v) is 5.26. The van der Waals surface area contributed by atoms with E-state index in [9.17, 15) is 5.11 Å². The molecule has 0 bridgehead atoms. The van der Waals surface area contributed by atoms with Crippen LogP contribution in [0.1, 0.15) is 35.8 Å². The highest BCUT2D eigenvalue weighted by Gasteiger charge is 2.26. The molecule has 4 aromatic rings. The molecule has 0 aliphatic carbocycles. The third-order valence-electron chi connectivity index (χ3n) is 6.96. The summed E-state index contributed by atoms with van der Waals surface area (Å²) in [6.07, 6.45) is 2.62. The van der Waals surface area contributed by atoms with E-state index in [0.29, 0.717) is 41.3 Å². The average Bonchev–Trinajstić information content (AvgIpc) is 3.62. The molecule has 8 heteroatoms. The van der Waals surface area contributed by atoms with Gasteiger partial charge in [0.25, 0.3) is 5.89 Å². The Labute approximate surface area is 203 Å². The van der Waals surface area contributed by atoms with Crippen LogP contribution in [-0.4, -0.2) is 59.2 Å². The Morgan fingerprint density at radius 2 is 1.97 bits per heavy atom. The van der Waals surface area contributed by atoms with Gasteiger partial charge in [0.1, 0.15) is 29.8 Å². The molecule has 8 nitrogen and oxygen atoms in total. The van der Waals surface area contributed by atoms with Crippen LogP contribution in [0.25, 0.3) is 22.6 Å². The third-order valence-corrected chi connectivity index (χ3v) is 6.96. The number of aromatic nitrogens is 2. The van der Waals surface area contributed by atoms with Crippen molar-refractivity contribution in [1.82, 2.24) is 15.1 Å². The number of piperidine rings is 1. The van der Waals surface area contributed by atoms with Gasteiger partial charge in [-0.15, -0.1) is 10.2 Å². The molecular formula is C27H29N3O5. The number of likely N-dealkylation sites (tertiary alicyclic amines) is 1. The highest BCUT2D eigenvalue weighted by Crippen LogP contribution is 2.37. The number of benzene rings is 2. The minimum absolute atomic E-state index is 0.211. The predicted molar refractivity (Wildman–Crippen MR) is 130 cm³/mol. The van der Waals surface area contributed by atoms with Crippen molar-refractivity contribution in [3.8, 4) is 23.1 Å². The van der Waals surface area contributed by atoms with Gasteiger partial charge in [-0.1, -0.05) is 18.2 Å². The first-order valence-electron chi connectivity index (χ1n) is 12.2. The minimum atomic E-state index is -0.582. The van der Waals surface area contributed by atoms with Crippen molar-refractivity contribution >= 4 is 11.0 Å². The number of furan rings is 1. The van der Waals surface area contributed by atoms with Crippen LogP contribution in [0.2, 0.25) is 0 Å². The van der Waals surface area contributed by atoms with Crippen LogP contribution in [0.4, 0.5) is 0 Å². The van der Waals surface area contributed by atoms with Gasteiger partial charge < -0.3 is 28.3 Å². The molecule has 1 fully saturated rings. The molecule has 0 spiro atoms. The van der Waals surface area contributed by atoms with Crippen LogP contribution >= 0.6 is 0 Å². The van der Waals surface area contributed by atoms with Gasteiger partial charge in [-0.25, -0.2) is 0 Å². The smallest absolute Gasteiger partial charge is 0.283 e. The molecule has 6 rings (SSSR count). The molecule has 2 aliphatic heterocycles. The predicted octanol–water partition coefficient (Wildman–Crippen LogP) is 4.35. The van der Waals surface area contributed by atoms with Crippen molar-refractivity contribution in [2.45, 2.75) is 38.2 Å². The van der Waals surface area contributed by atoms with Gasteiger partial charge in [0.05, 0.1) is 12.0 Å². The van der Waals surface area contributed by atoms with Crippen molar-refractivity contribution in [3.63, 3.8) is 0 Å². The van der Waals surface area contributed by atoms with Crippen LogP contribution in [0.3, 0.4) is 0 Å². The lowest BCUT2D eigenvalue weighted by molar-refractivity contribution is 0.0599. The summed E-state index contributed by atoms with van der Waals surface area (Å²) in [5, 5.41) is 19.4. The Hall–Kier alpha value is -3.36. The van der Waals surface area contributed by atoms with E-state index in [1.165, 1.54) is 11.1 Å². The summed E-state index contributed by atoms with van der Waals surface area (Å²) in [4.78, 5) is 2.33. The normalized spacial score (nSPS) is 17.4. The molecular weight excluding hydrogens is 446 g/mol. The van der Waals surface area contributed by atoms with Gasteiger partial charge in [-0.3, -0.25) is 0 Å². The maximum absolute atomic E-state index is 10.7. The molecule has 2 aromatic heterocycles. The Morgan fingerprint density at radius 3 is 2.80 bits per heavy atom. The lowest BCUT2D eigenvalue weighted by Gasteiger charge is -2.33. The molecule has 2 aliphatic rings. The van der Waals surface area contributed by atoms with Gasteiger partial charge in [-0.2, -0.15) is 0 Å². The molecule has 0 radical (unpaired) electrons. The molecule has 4 heterocycles. The van der Waals surface area contributed by atoms with E-state index in [2.05, 4.69) is 33.3 Å². The third kappa shape index (κ3) is 4.51. The summed E-state index contributed by atoms with van der Waals surface area (Å²) in [7, 11) is 0. The first-order valence-corrected chi connectivity index (χ1v) is 12.2. The Morgan fingerprint density at radius 1 is 1.11 bits per heavy atom. The van der Waals surface area contributed by atoms with E-state index in [4.69, 9.17) is 18.3 Å². The first kappa shape index (κ1) is 22.1. The van der Waals surface area contributed by atoms with E-state index < -0.39 is 6.10 Å². The fourth-order valence-electron chi connectivity index (χ4n) is 5.26. The van der Waals surface area contributed by atoms with Gasteiger partial charge in [0, 0.05) is 31.5 Å². The zero-order chi connectivity index (χ0) is 23.8. The number of ether oxygens (including phenoxy) is 2. The van der Waals surface area contributed by atoms with E-state index in [-0.39, 0.29) is 6.61 Å². The molecule has 0 amide bonds. The van der Waals surface area contributed by atoms with E-state index in [1.54, 1.807) is 6.92 Å². The second-order valence-electron chi connectivity index (χ2n) is 9.37. The van der Waals surface area contributed by atoms with Crippen LogP contribution < -0.4 is 9.47 Å². The molecule has 2 aromatic carbocycles. The number of rotatable bonds is 7. The zero-order valence-electron chi connectivity index (χ0n) is 19.8. The summed E-state index contributed by atoms with van der Waals surface area (Å²) in [5.74, 6) is 3.59. The summed E-state index contributed by atoms with van der Waals surface area (Å²) in [5.41, 5.74) is 3.51. The van der Waals surface area contributed by atoms with Crippen molar-refractivity contribution in [3.05, 3.63) is 59.5 Å². The molecule has 1 N–H and O–H groups in total. The van der Waals surface area contributed by atoms with Crippen LogP contribution in [0, 0.1) is 6.92 Å². The van der Waals surface area contributed by atoms with Gasteiger partial charge in [0.15, 0.2) is 5.76 Å². The molecule has 182 valence electrons. The quantitative estimate of drug-likeness (QED) is 0.422. The molecule has 1 atom stereocenters. The van der Waals surface area contributed by atoms with E-state index in [1.807, 2.05) is 24.3 Å². The summed E-state index contributed by atoms with van der Waals surface area (Å²) in [6, 6.07) is 13.9. The van der Waals surface area contributed by atoms with Crippen molar-refractivity contribution < 1.29 is 23.4 Å². The SMILES string of the molecule is Cc1nnc(-c2cc3c(OCC(O)CN4CCC(c5cccc6c5CCO6)CC4)cccc3o2)o1. The Balaban J connectivity index is 1.04. The number of hydrogen-bond acceptors (Lipinski definition) is 8. The molecule has 35 heavy (non-hydrogen) atoms. The maximum atomic E-state index is 10.7. The van der Waals surface area contributed by atoms with E-state index >= 15 is 0 Å². The standard InChI is InChI=1S/C27H29N3O5/c1-17-28-29-27(34-17)26-14-22-24(6-3-7-25(22)35-26)33-16-19(31)15-30-11-8-18(9-12-30)20-4-2-5-23-21(20)10-13-32-23/h2-7,14,18-19,31H,8-13,15-16H2,1H3. The fraction of sp³-hybridized carbons (Fsp3) is 0.407. The largest absolute Gasteiger partial charge is 0.493 e. The Bertz CT molecular complexity index is 1320.